The van der Waals surface area contributed by atoms with Gasteiger partial charge in [0, 0.05) is 49.0 Å². The van der Waals surface area contributed by atoms with Gasteiger partial charge in [0.15, 0.2) is 5.82 Å². The van der Waals surface area contributed by atoms with Crippen LogP contribution in [0.2, 0.25) is 0 Å². The van der Waals surface area contributed by atoms with E-state index >= 15 is 0 Å². The average molecular weight is 550 g/mol. The van der Waals surface area contributed by atoms with Crippen LogP contribution in [0.1, 0.15) is 53.6 Å². The molecule has 0 atom stereocenters. The van der Waals surface area contributed by atoms with E-state index in [0.29, 0.717) is 23.4 Å². The molecule has 10 heteroatoms. The maximum atomic E-state index is 13.1. The minimum atomic E-state index is 0.0821. The zero-order chi connectivity index (χ0) is 27.8. The molecular formula is C31H35N9O. The Morgan fingerprint density at radius 1 is 0.878 bits per heavy atom. The standard InChI is InChI=1S/C31H35N9O/c32-30-34-31(37-40(30)27-20-23-8-5-7-21-6-1-4-11-26(21)28(23)36-35-27)33-24-14-12-22(13-15-24)29(41)39-18-16-38(17-19-39)25-9-2-3-10-25/h1,4,6,11-15,20,25H,2-3,5,7-10,16-19H2,(H3,32,33,34,37). The number of fused-ring (bicyclic) bond motifs is 3. The number of aryl methyl sites for hydroxylation is 2. The van der Waals surface area contributed by atoms with E-state index < -0.39 is 0 Å². The van der Waals surface area contributed by atoms with Crippen molar-refractivity contribution in [1.82, 2.24) is 34.8 Å². The summed E-state index contributed by atoms with van der Waals surface area (Å²) in [5.41, 5.74) is 12.2. The number of amides is 1. The van der Waals surface area contributed by atoms with Crippen molar-refractivity contribution in [3.63, 3.8) is 0 Å². The first-order valence-corrected chi connectivity index (χ1v) is 14.7. The van der Waals surface area contributed by atoms with Gasteiger partial charge in [0.2, 0.25) is 11.9 Å². The Morgan fingerprint density at radius 3 is 2.44 bits per heavy atom. The fourth-order valence-electron chi connectivity index (χ4n) is 6.49. The molecule has 4 aromatic rings. The molecule has 3 aliphatic rings. The van der Waals surface area contributed by atoms with Crippen molar-refractivity contribution >= 4 is 23.5 Å². The van der Waals surface area contributed by atoms with Gasteiger partial charge in [-0.2, -0.15) is 9.67 Å². The molecule has 7 rings (SSSR count). The zero-order valence-corrected chi connectivity index (χ0v) is 23.2. The first kappa shape index (κ1) is 25.6. The number of nitrogen functional groups attached to an aromatic ring is 1. The molecule has 1 aliphatic heterocycles. The van der Waals surface area contributed by atoms with Crippen LogP contribution in [-0.4, -0.2) is 72.9 Å². The summed E-state index contributed by atoms with van der Waals surface area (Å²) < 4.78 is 1.51. The van der Waals surface area contributed by atoms with Gasteiger partial charge in [-0.05, 0) is 73.6 Å². The highest BCUT2D eigenvalue weighted by molar-refractivity contribution is 5.94. The number of anilines is 3. The molecule has 0 spiro atoms. The summed E-state index contributed by atoms with van der Waals surface area (Å²) in [5, 5.41) is 16.8. The molecule has 3 N–H and O–H groups in total. The van der Waals surface area contributed by atoms with E-state index in [0.717, 1.165) is 67.9 Å². The SMILES string of the molecule is Nc1nc(Nc2ccc(C(=O)N3CCN(C4CCCC4)CC3)cc2)nn1-c1cc2c(nn1)-c1ccccc1CCC2. The van der Waals surface area contributed by atoms with Crippen LogP contribution in [0.5, 0.6) is 0 Å². The van der Waals surface area contributed by atoms with Crippen LogP contribution in [0.15, 0.2) is 54.6 Å². The maximum Gasteiger partial charge on any atom is 0.253 e. The van der Waals surface area contributed by atoms with Gasteiger partial charge in [-0.1, -0.05) is 37.1 Å². The van der Waals surface area contributed by atoms with Crippen molar-refractivity contribution in [2.24, 2.45) is 0 Å². The lowest BCUT2D eigenvalue weighted by Crippen LogP contribution is -2.51. The van der Waals surface area contributed by atoms with Crippen LogP contribution in [0, 0.1) is 0 Å². The number of piperazine rings is 1. The van der Waals surface area contributed by atoms with Gasteiger partial charge in [0.25, 0.3) is 5.91 Å². The van der Waals surface area contributed by atoms with E-state index in [9.17, 15) is 4.79 Å². The van der Waals surface area contributed by atoms with E-state index in [-0.39, 0.29) is 11.9 Å². The summed E-state index contributed by atoms with van der Waals surface area (Å²) in [6, 6.07) is 18.5. The van der Waals surface area contributed by atoms with Crippen LogP contribution in [0.3, 0.4) is 0 Å². The monoisotopic (exact) mass is 549 g/mol. The molecule has 0 bridgehead atoms. The van der Waals surface area contributed by atoms with Crippen LogP contribution < -0.4 is 11.1 Å². The Balaban J connectivity index is 1.02. The Kier molecular flexibility index (Phi) is 6.84. The number of nitrogens with one attached hydrogen (secondary N) is 1. The fraction of sp³-hybridized carbons (Fsp3) is 0.387. The molecule has 41 heavy (non-hydrogen) atoms. The second-order valence-electron chi connectivity index (χ2n) is 11.3. The normalized spacial score (nSPS) is 17.6. The third-order valence-corrected chi connectivity index (χ3v) is 8.70. The van der Waals surface area contributed by atoms with Crippen LogP contribution in [0.25, 0.3) is 17.1 Å². The van der Waals surface area contributed by atoms with E-state index in [4.69, 9.17) is 5.73 Å². The number of rotatable bonds is 5. The molecule has 3 heterocycles. The van der Waals surface area contributed by atoms with Crippen LogP contribution in [0.4, 0.5) is 17.6 Å². The number of nitrogens with zero attached hydrogens (tertiary/aromatic N) is 7. The van der Waals surface area contributed by atoms with Gasteiger partial charge in [0.05, 0.1) is 5.69 Å². The second-order valence-corrected chi connectivity index (χ2v) is 11.3. The Labute approximate surface area is 239 Å². The molecule has 10 nitrogen and oxygen atoms in total. The molecule has 0 radical (unpaired) electrons. The van der Waals surface area contributed by atoms with Gasteiger partial charge in [-0.3, -0.25) is 9.69 Å². The van der Waals surface area contributed by atoms with Crippen molar-refractivity contribution in [3.8, 4) is 17.1 Å². The van der Waals surface area contributed by atoms with E-state index in [1.165, 1.54) is 35.9 Å². The molecule has 0 unspecified atom stereocenters. The highest BCUT2D eigenvalue weighted by Gasteiger charge is 2.28. The van der Waals surface area contributed by atoms with Crippen molar-refractivity contribution < 1.29 is 4.79 Å². The number of nitrogens with two attached hydrogens (primary N) is 1. The molecule has 210 valence electrons. The van der Waals surface area contributed by atoms with Gasteiger partial charge in [-0.25, -0.2) is 0 Å². The lowest BCUT2D eigenvalue weighted by atomic mass is 10.0. The van der Waals surface area contributed by atoms with Gasteiger partial charge >= 0.3 is 0 Å². The summed E-state index contributed by atoms with van der Waals surface area (Å²) in [4.78, 5) is 22.1. The third kappa shape index (κ3) is 5.15. The van der Waals surface area contributed by atoms with Gasteiger partial charge < -0.3 is 16.0 Å². The number of aromatic nitrogens is 5. The number of benzene rings is 2. The molecular weight excluding hydrogens is 514 g/mol. The average Bonchev–Trinajstić information content (AvgIpc) is 3.63. The predicted octanol–water partition coefficient (Wildman–Crippen LogP) is 4.24. The van der Waals surface area contributed by atoms with Crippen LogP contribution >= 0.6 is 0 Å². The topological polar surface area (TPSA) is 118 Å². The molecule has 1 saturated heterocycles. The number of carbonyl (C=O) groups excluding carboxylic acids is 1. The Hall–Kier alpha value is -4.31. The molecule has 2 aliphatic carbocycles. The van der Waals surface area contributed by atoms with Crippen molar-refractivity contribution in [1.29, 1.82) is 0 Å². The number of hydrogen-bond acceptors (Lipinski definition) is 8. The Morgan fingerprint density at radius 2 is 1.63 bits per heavy atom. The number of carbonyl (C=O) groups is 1. The Bertz CT molecular complexity index is 1550. The van der Waals surface area contributed by atoms with Crippen LogP contribution in [-0.2, 0) is 12.8 Å². The lowest BCUT2D eigenvalue weighted by molar-refractivity contribution is 0.0573. The summed E-state index contributed by atoms with van der Waals surface area (Å²) >= 11 is 0. The minimum Gasteiger partial charge on any atom is -0.368 e. The second kappa shape index (κ2) is 10.9. The minimum absolute atomic E-state index is 0.0821. The smallest absolute Gasteiger partial charge is 0.253 e. The predicted molar refractivity (Wildman–Crippen MR) is 158 cm³/mol. The fourth-order valence-corrected chi connectivity index (χ4v) is 6.49. The van der Waals surface area contributed by atoms with E-state index in [1.54, 1.807) is 0 Å². The van der Waals surface area contributed by atoms with Gasteiger partial charge in [0.1, 0.15) is 0 Å². The first-order valence-electron chi connectivity index (χ1n) is 14.7. The summed E-state index contributed by atoms with van der Waals surface area (Å²) in [7, 11) is 0. The molecule has 2 aromatic heterocycles. The number of hydrogen-bond donors (Lipinski definition) is 2. The highest BCUT2D eigenvalue weighted by atomic mass is 16.2. The third-order valence-electron chi connectivity index (χ3n) is 8.70. The largest absolute Gasteiger partial charge is 0.368 e. The summed E-state index contributed by atoms with van der Waals surface area (Å²) in [6.07, 6.45) is 8.25. The lowest BCUT2D eigenvalue weighted by Gasteiger charge is -2.38. The maximum absolute atomic E-state index is 13.1. The first-order chi connectivity index (χ1) is 20.1. The van der Waals surface area contributed by atoms with Crippen molar-refractivity contribution in [3.05, 3.63) is 71.3 Å². The molecule has 1 saturated carbocycles. The quantitative estimate of drug-likeness (QED) is 0.380. The van der Waals surface area contributed by atoms with Gasteiger partial charge in [-0.15, -0.1) is 15.3 Å². The molecule has 2 aromatic carbocycles. The molecule has 1 amide bonds. The summed E-state index contributed by atoms with van der Waals surface area (Å²) in [6.45, 7) is 3.50. The highest BCUT2D eigenvalue weighted by Crippen LogP contribution is 2.31. The molecule has 2 fully saturated rings. The van der Waals surface area contributed by atoms with E-state index in [2.05, 4.69) is 48.7 Å². The van der Waals surface area contributed by atoms with Crippen molar-refractivity contribution in [2.75, 3.05) is 37.2 Å². The van der Waals surface area contributed by atoms with E-state index in [1.807, 2.05) is 41.3 Å². The zero-order valence-electron chi connectivity index (χ0n) is 23.2. The van der Waals surface area contributed by atoms with Crippen molar-refractivity contribution in [2.45, 2.75) is 51.0 Å². The summed E-state index contributed by atoms with van der Waals surface area (Å²) in [5.74, 6) is 1.19.